The summed E-state index contributed by atoms with van der Waals surface area (Å²) in [5.74, 6) is -0.169. The molecule has 8 heteroatoms. The van der Waals surface area contributed by atoms with Gasteiger partial charge < -0.3 is 19.6 Å². The molecule has 0 spiro atoms. The molecule has 0 aromatic heterocycles. The quantitative estimate of drug-likeness (QED) is 0.706. The van der Waals surface area contributed by atoms with Crippen LogP contribution in [0.3, 0.4) is 0 Å². The Morgan fingerprint density at radius 3 is 2.17 bits per heavy atom. The summed E-state index contributed by atoms with van der Waals surface area (Å²) in [6.07, 6.45) is -0.351. The summed E-state index contributed by atoms with van der Waals surface area (Å²) < 4.78 is 37.2. The Bertz CT molecular complexity index is 1030. The fourth-order valence-electron chi connectivity index (χ4n) is 3.63. The number of aldehydes is 1. The summed E-state index contributed by atoms with van der Waals surface area (Å²) in [5, 5.41) is 1.38. The highest BCUT2D eigenvalue weighted by Gasteiger charge is 2.73. The van der Waals surface area contributed by atoms with E-state index in [0.717, 1.165) is 0 Å². The van der Waals surface area contributed by atoms with Crippen LogP contribution in [0.15, 0.2) is 59.5 Å². The van der Waals surface area contributed by atoms with Crippen LogP contribution in [0.2, 0.25) is 0 Å². The standard InChI is InChI=1S/C22H25NO6S/c1-21(2,3)29-20(25)23-22(14-24)18(15-10-12-16(28-4)13-11-15)19(22)30(26,27)17-8-6-5-7-9-17/h5-14,18-19H,1-4H3,(H,23,25)/t18-,19+,22-/m1/s1. The van der Waals surface area contributed by atoms with E-state index < -0.39 is 38.2 Å². The maximum absolute atomic E-state index is 13.4. The van der Waals surface area contributed by atoms with Crippen molar-refractivity contribution >= 4 is 22.2 Å². The highest BCUT2D eigenvalue weighted by molar-refractivity contribution is 7.92. The zero-order chi connectivity index (χ0) is 22.2. The number of sulfone groups is 1. The molecule has 1 N–H and O–H groups in total. The van der Waals surface area contributed by atoms with Gasteiger partial charge in [0.05, 0.1) is 12.0 Å². The number of nitrogens with one attached hydrogen (secondary N) is 1. The molecule has 0 radical (unpaired) electrons. The average Bonchev–Trinajstić information content (AvgIpc) is 3.36. The molecular formula is C22H25NO6S. The summed E-state index contributed by atoms with van der Waals surface area (Å²) in [4.78, 5) is 24.8. The van der Waals surface area contributed by atoms with Crippen LogP contribution in [-0.2, 0) is 19.4 Å². The first-order chi connectivity index (χ1) is 14.0. The predicted molar refractivity (Wildman–Crippen MR) is 111 cm³/mol. The van der Waals surface area contributed by atoms with E-state index in [1.165, 1.54) is 19.2 Å². The third-order valence-electron chi connectivity index (χ3n) is 4.97. The van der Waals surface area contributed by atoms with Crippen molar-refractivity contribution in [3.05, 3.63) is 60.2 Å². The number of rotatable bonds is 6. The van der Waals surface area contributed by atoms with Crippen LogP contribution >= 0.6 is 0 Å². The van der Waals surface area contributed by atoms with Gasteiger partial charge >= 0.3 is 6.09 Å². The molecule has 3 rings (SSSR count). The van der Waals surface area contributed by atoms with Crippen molar-refractivity contribution < 1.29 is 27.5 Å². The van der Waals surface area contributed by atoms with Crippen molar-refractivity contribution in [2.75, 3.05) is 7.11 Å². The highest BCUT2D eigenvalue weighted by Crippen LogP contribution is 2.56. The molecule has 0 aliphatic heterocycles. The third-order valence-corrected chi connectivity index (χ3v) is 7.23. The number of amides is 1. The van der Waals surface area contributed by atoms with E-state index >= 15 is 0 Å². The molecule has 0 unspecified atom stereocenters. The third kappa shape index (κ3) is 4.05. The van der Waals surface area contributed by atoms with E-state index in [0.29, 0.717) is 17.6 Å². The second-order valence-corrected chi connectivity index (χ2v) is 10.3. The second kappa shape index (κ2) is 7.75. The number of carbonyl (C=O) groups excluding carboxylic acids is 2. The van der Waals surface area contributed by atoms with Crippen molar-refractivity contribution in [3.63, 3.8) is 0 Å². The average molecular weight is 432 g/mol. The maximum atomic E-state index is 13.4. The number of alkyl carbamates (subject to hydrolysis) is 1. The minimum absolute atomic E-state index is 0.0863. The van der Waals surface area contributed by atoms with Crippen molar-refractivity contribution in [1.29, 1.82) is 0 Å². The van der Waals surface area contributed by atoms with Gasteiger partial charge in [0.25, 0.3) is 0 Å². The van der Waals surface area contributed by atoms with Gasteiger partial charge in [0.1, 0.15) is 28.4 Å². The molecule has 160 valence electrons. The van der Waals surface area contributed by atoms with Gasteiger partial charge in [-0.3, -0.25) is 0 Å². The first kappa shape index (κ1) is 21.8. The molecule has 0 heterocycles. The molecule has 0 saturated heterocycles. The minimum atomic E-state index is -3.92. The van der Waals surface area contributed by atoms with E-state index in [1.807, 2.05) is 0 Å². The Morgan fingerprint density at radius 2 is 1.67 bits per heavy atom. The lowest BCUT2D eigenvalue weighted by Gasteiger charge is -2.22. The van der Waals surface area contributed by atoms with Crippen LogP contribution in [-0.4, -0.2) is 44.3 Å². The normalized spacial score (nSPS) is 23.3. The number of methoxy groups -OCH3 is 1. The molecule has 2 aromatic carbocycles. The van der Waals surface area contributed by atoms with E-state index in [-0.39, 0.29) is 4.90 Å². The topological polar surface area (TPSA) is 98.8 Å². The summed E-state index contributed by atoms with van der Waals surface area (Å²) in [6.45, 7) is 5.06. The SMILES string of the molecule is COc1ccc([C@@H]2[C@H](S(=O)(=O)c3ccccc3)[C@]2(C=O)NC(=O)OC(C)(C)C)cc1. The van der Waals surface area contributed by atoms with Crippen molar-refractivity contribution in [3.8, 4) is 5.75 Å². The van der Waals surface area contributed by atoms with Gasteiger partial charge in [0, 0.05) is 5.92 Å². The Kier molecular flexibility index (Phi) is 5.64. The fraction of sp³-hybridized carbons (Fsp3) is 0.364. The van der Waals surface area contributed by atoms with E-state index in [4.69, 9.17) is 9.47 Å². The molecule has 2 aromatic rings. The lowest BCUT2D eigenvalue weighted by molar-refractivity contribution is -0.110. The van der Waals surface area contributed by atoms with Gasteiger partial charge in [-0.15, -0.1) is 0 Å². The van der Waals surface area contributed by atoms with E-state index in [1.54, 1.807) is 63.2 Å². The smallest absolute Gasteiger partial charge is 0.408 e. The summed E-state index contributed by atoms with van der Waals surface area (Å²) >= 11 is 0. The summed E-state index contributed by atoms with van der Waals surface area (Å²) in [6, 6.07) is 14.6. The monoisotopic (exact) mass is 431 g/mol. The zero-order valence-electron chi connectivity index (χ0n) is 17.3. The number of hydrogen-bond donors (Lipinski definition) is 1. The largest absolute Gasteiger partial charge is 0.497 e. The van der Waals surface area contributed by atoms with Crippen molar-refractivity contribution in [2.24, 2.45) is 0 Å². The number of hydrogen-bond acceptors (Lipinski definition) is 6. The highest BCUT2D eigenvalue weighted by atomic mass is 32.2. The lowest BCUT2D eigenvalue weighted by atomic mass is 10.1. The Balaban J connectivity index is 2.04. The molecule has 1 fully saturated rings. The molecule has 30 heavy (non-hydrogen) atoms. The van der Waals surface area contributed by atoms with Crippen molar-refractivity contribution in [1.82, 2.24) is 5.32 Å². The van der Waals surface area contributed by atoms with Crippen LogP contribution in [0, 0.1) is 0 Å². The van der Waals surface area contributed by atoms with Gasteiger partial charge in [-0.1, -0.05) is 30.3 Å². The second-order valence-electron chi connectivity index (χ2n) is 8.21. The Morgan fingerprint density at radius 1 is 1.07 bits per heavy atom. The minimum Gasteiger partial charge on any atom is -0.497 e. The van der Waals surface area contributed by atoms with E-state index in [2.05, 4.69) is 5.32 Å². The molecule has 0 bridgehead atoms. The Hall–Kier alpha value is -2.87. The summed E-state index contributed by atoms with van der Waals surface area (Å²) in [7, 11) is -2.40. The number of ether oxygens (including phenoxy) is 2. The van der Waals surface area contributed by atoms with Crippen molar-refractivity contribution in [2.45, 2.75) is 48.0 Å². The first-order valence-corrected chi connectivity index (χ1v) is 11.0. The van der Waals surface area contributed by atoms with Crippen LogP contribution in [0.25, 0.3) is 0 Å². The Labute approximate surface area is 176 Å². The van der Waals surface area contributed by atoms with Crippen LogP contribution in [0.1, 0.15) is 32.3 Å². The molecule has 3 atom stereocenters. The summed E-state index contributed by atoms with van der Waals surface area (Å²) in [5.41, 5.74) is -1.83. The van der Waals surface area contributed by atoms with Gasteiger partial charge in [-0.25, -0.2) is 13.2 Å². The number of carbonyl (C=O) groups is 2. The van der Waals surface area contributed by atoms with Gasteiger partial charge in [0.15, 0.2) is 9.84 Å². The number of benzene rings is 2. The van der Waals surface area contributed by atoms with E-state index in [9.17, 15) is 18.0 Å². The van der Waals surface area contributed by atoms with Crippen LogP contribution in [0.5, 0.6) is 5.75 Å². The maximum Gasteiger partial charge on any atom is 0.408 e. The van der Waals surface area contributed by atoms with Crippen LogP contribution in [0.4, 0.5) is 4.79 Å². The van der Waals surface area contributed by atoms with Crippen LogP contribution < -0.4 is 10.1 Å². The molecular weight excluding hydrogens is 406 g/mol. The molecule has 1 aliphatic rings. The molecule has 1 amide bonds. The van der Waals surface area contributed by atoms with Gasteiger partial charge in [-0.05, 0) is 50.6 Å². The lowest BCUT2D eigenvalue weighted by Crippen LogP contribution is -2.45. The fourth-order valence-corrected chi connectivity index (χ4v) is 5.89. The molecule has 7 nitrogen and oxygen atoms in total. The molecule has 1 aliphatic carbocycles. The van der Waals surface area contributed by atoms with Gasteiger partial charge in [0.2, 0.25) is 0 Å². The predicted octanol–water partition coefficient (Wildman–Crippen LogP) is 3.10. The van der Waals surface area contributed by atoms with Gasteiger partial charge in [-0.2, -0.15) is 0 Å². The first-order valence-electron chi connectivity index (χ1n) is 9.45. The molecule has 1 saturated carbocycles. The zero-order valence-corrected chi connectivity index (χ0v) is 18.1.